The number of methoxy groups -OCH3 is 1. The van der Waals surface area contributed by atoms with Gasteiger partial charge in [0.1, 0.15) is 0 Å². The molecule has 0 unspecified atom stereocenters. The van der Waals surface area contributed by atoms with Crippen LogP contribution in [0, 0.1) is 0 Å². The van der Waals surface area contributed by atoms with Crippen molar-refractivity contribution in [2.45, 2.75) is 19.9 Å². The van der Waals surface area contributed by atoms with E-state index in [0.29, 0.717) is 16.3 Å². The van der Waals surface area contributed by atoms with Crippen LogP contribution in [0.3, 0.4) is 0 Å². The molecule has 2 aromatic heterocycles. The molecule has 0 aromatic carbocycles. The summed E-state index contributed by atoms with van der Waals surface area (Å²) in [5.41, 5.74) is 0.539. The molecule has 0 amide bonds. The van der Waals surface area contributed by atoms with Gasteiger partial charge in [0.15, 0.2) is 11.4 Å². The summed E-state index contributed by atoms with van der Waals surface area (Å²) in [6.07, 6.45) is 2.52. The monoisotopic (exact) mass is 250 g/mol. The Balaban J connectivity index is 2.42. The van der Waals surface area contributed by atoms with Crippen molar-refractivity contribution in [3.05, 3.63) is 34.3 Å². The summed E-state index contributed by atoms with van der Waals surface area (Å²) in [6.45, 7) is 2.77. The van der Waals surface area contributed by atoms with Crippen LogP contribution in [-0.4, -0.2) is 22.7 Å². The summed E-state index contributed by atoms with van der Waals surface area (Å²) in [5.74, 6) is 0.514. The number of carbonyl (C=O) groups is 1. The number of ketones is 1. The zero-order chi connectivity index (χ0) is 12.3. The van der Waals surface area contributed by atoms with E-state index in [1.807, 2.05) is 24.4 Å². The first-order chi connectivity index (χ1) is 8.27. The molecule has 2 aromatic rings. The summed E-state index contributed by atoms with van der Waals surface area (Å²) in [6, 6.07) is 3.68. The Morgan fingerprint density at radius 3 is 3.00 bits per heavy atom. The van der Waals surface area contributed by atoms with Gasteiger partial charge in [-0.05, 0) is 17.9 Å². The Morgan fingerprint density at radius 1 is 1.59 bits per heavy atom. The number of nitrogens with zero attached hydrogens (tertiary/aromatic N) is 2. The van der Waals surface area contributed by atoms with Crippen molar-refractivity contribution in [2.75, 3.05) is 7.11 Å². The Morgan fingerprint density at radius 2 is 2.41 bits per heavy atom. The number of aryl methyl sites for hydroxylation is 1. The van der Waals surface area contributed by atoms with Crippen molar-refractivity contribution in [2.24, 2.45) is 0 Å². The highest BCUT2D eigenvalue weighted by Gasteiger charge is 2.21. The molecule has 2 rings (SSSR count). The predicted octanol–water partition coefficient (Wildman–Crippen LogP) is 2.59. The van der Waals surface area contributed by atoms with Crippen LogP contribution < -0.4 is 4.74 Å². The Kier molecular flexibility index (Phi) is 3.58. The van der Waals surface area contributed by atoms with Gasteiger partial charge in [-0.2, -0.15) is 5.10 Å². The van der Waals surface area contributed by atoms with Gasteiger partial charge in [-0.1, -0.05) is 13.0 Å². The highest BCUT2D eigenvalue weighted by molar-refractivity contribution is 7.12. The van der Waals surface area contributed by atoms with E-state index in [9.17, 15) is 4.79 Å². The van der Waals surface area contributed by atoms with Crippen LogP contribution in [0.5, 0.6) is 5.75 Å². The van der Waals surface area contributed by atoms with Crippen LogP contribution in [0.25, 0.3) is 0 Å². The van der Waals surface area contributed by atoms with Gasteiger partial charge in [-0.15, -0.1) is 11.3 Å². The number of thiophene rings is 1. The first-order valence-electron chi connectivity index (χ1n) is 5.46. The minimum absolute atomic E-state index is 0.0252. The van der Waals surface area contributed by atoms with Gasteiger partial charge in [0.25, 0.3) is 0 Å². The van der Waals surface area contributed by atoms with Gasteiger partial charge in [-0.3, -0.25) is 9.48 Å². The second-order valence-corrected chi connectivity index (χ2v) is 4.54. The number of rotatable bonds is 5. The normalized spacial score (nSPS) is 10.5. The molecule has 0 bridgehead atoms. The number of hydrogen-bond acceptors (Lipinski definition) is 4. The third-order valence-electron chi connectivity index (χ3n) is 2.42. The van der Waals surface area contributed by atoms with Crippen molar-refractivity contribution in [1.29, 1.82) is 0 Å². The highest BCUT2D eigenvalue weighted by Crippen LogP contribution is 2.23. The van der Waals surface area contributed by atoms with Crippen LogP contribution in [0.1, 0.15) is 28.7 Å². The molecular weight excluding hydrogens is 236 g/mol. The molecule has 17 heavy (non-hydrogen) atoms. The maximum absolute atomic E-state index is 12.3. The molecule has 0 N–H and O–H groups in total. The quantitative estimate of drug-likeness (QED) is 0.766. The highest BCUT2D eigenvalue weighted by atomic mass is 32.1. The second-order valence-electron chi connectivity index (χ2n) is 3.59. The molecule has 2 heterocycles. The van der Waals surface area contributed by atoms with Gasteiger partial charge >= 0.3 is 0 Å². The zero-order valence-electron chi connectivity index (χ0n) is 9.84. The summed E-state index contributed by atoms with van der Waals surface area (Å²) >= 11 is 1.43. The summed E-state index contributed by atoms with van der Waals surface area (Å²) in [7, 11) is 1.55. The molecule has 0 radical (unpaired) electrons. The minimum Gasteiger partial charge on any atom is -0.493 e. The number of aromatic nitrogens is 2. The molecule has 0 aliphatic heterocycles. The van der Waals surface area contributed by atoms with Crippen LogP contribution in [0.2, 0.25) is 0 Å². The maximum Gasteiger partial charge on any atom is 0.224 e. The minimum atomic E-state index is -0.0252. The lowest BCUT2D eigenvalue weighted by Crippen LogP contribution is -2.11. The second kappa shape index (κ2) is 5.14. The van der Waals surface area contributed by atoms with E-state index in [1.54, 1.807) is 18.0 Å². The van der Waals surface area contributed by atoms with E-state index in [2.05, 4.69) is 5.10 Å². The van der Waals surface area contributed by atoms with Crippen LogP contribution in [0.15, 0.2) is 23.7 Å². The first-order valence-corrected chi connectivity index (χ1v) is 6.34. The molecule has 0 saturated carbocycles. The molecule has 0 atom stereocenters. The number of hydrogen-bond donors (Lipinski definition) is 0. The molecule has 0 saturated heterocycles. The molecule has 0 spiro atoms. The smallest absolute Gasteiger partial charge is 0.224 e. The fraction of sp³-hybridized carbons (Fsp3) is 0.333. The Hall–Kier alpha value is -1.62. The van der Waals surface area contributed by atoms with Crippen molar-refractivity contribution >= 4 is 17.1 Å². The van der Waals surface area contributed by atoms with E-state index < -0.39 is 0 Å². The van der Waals surface area contributed by atoms with E-state index in [0.717, 1.165) is 13.0 Å². The van der Waals surface area contributed by atoms with Gasteiger partial charge in [-0.25, -0.2) is 0 Å². The largest absolute Gasteiger partial charge is 0.493 e. The standard InChI is InChI=1S/C12H14N2O2S/c1-3-6-14-11(9(16-2)8-13-14)12(15)10-5-4-7-17-10/h4-5,7-8H,3,6H2,1-2H3. The molecule has 0 fully saturated rings. The summed E-state index contributed by atoms with van der Waals surface area (Å²) < 4.78 is 6.90. The lowest BCUT2D eigenvalue weighted by molar-refractivity contribution is 0.102. The topological polar surface area (TPSA) is 44.1 Å². The fourth-order valence-electron chi connectivity index (χ4n) is 1.65. The van der Waals surface area contributed by atoms with Crippen molar-refractivity contribution in [3.63, 3.8) is 0 Å². The number of carbonyl (C=O) groups excluding carboxylic acids is 1. The van der Waals surface area contributed by atoms with Crippen LogP contribution in [0.4, 0.5) is 0 Å². The summed E-state index contributed by atoms with van der Waals surface area (Å²) in [5, 5.41) is 6.07. The van der Waals surface area contributed by atoms with E-state index >= 15 is 0 Å². The summed E-state index contributed by atoms with van der Waals surface area (Å²) in [4.78, 5) is 13.0. The van der Waals surface area contributed by atoms with Gasteiger partial charge in [0.2, 0.25) is 5.78 Å². The maximum atomic E-state index is 12.3. The van der Waals surface area contributed by atoms with Crippen molar-refractivity contribution in [3.8, 4) is 5.75 Å². The fourth-order valence-corrected chi connectivity index (χ4v) is 2.32. The molecule has 0 aliphatic carbocycles. The molecule has 4 nitrogen and oxygen atoms in total. The SMILES string of the molecule is CCCn1ncc(OC)c1C(=O)c1cccs1. The van der Waals surface area contributed by atoms with Crippen LogP contribution >= 0.6 is 11.3 Å². The van der Waals surface area contributed by atoms with Gasteiger partial charge in [0, 0.05) is 6.54 Å². The van der Waals surface area contributed by atoms with Crippen molar-refractivity contribution < 1.29 is 9.53 Å². The first kappa shape index (κ1) is 11.9. The lowest BCUT2D eigenvalue weighted by atomic mass is 10.2. The third-order valence-corrected chi connectivity index (χ3v) is 3.29. The lowest BCUT2D eigenvalue weighted by Gasteiger charge is -2.05. The zero-order valence-corrected chi connectivity index (χ0v) is 10.7. The molecule has 0 aliphatic rings. The van der Waals surface area contributed by atoms with E-state index in [1.165, 1.54) is 11.3 Å². The van der Waals surface area contributed by atoms with E-state index in [-0.39, 0.29) is 5.78 Å². The van der Waals surface area contributed by atoms with Crippen LogP contribution in [-0.2, 0) is 6.54 Å². The van der Waals surface area contributed by atoms with E-state index in [4.69, 9.17) is 4.74 Å². The molecule has 90 valence electrons. The Labute approximate surface area is 104 Å². The molecule has 5 heteroatoms. The number of ether oxygens (including phenoxy) is 1. The van der Waals surface area contributed by atoms with Gasteiger partial charge in [0.05, 0.1) is 18.2 Å². The third kappa shape index (κ3) is 2.24. The van der Waals surface area contributed by atoms with Gasteiger partial charge < -0.3 is 4.74 Å². The molecular formula is C12H14N2O2S. The predicted molar refractivity (Wildman–Crippen MR) is 66.8 cm³/mol. The Bertz CT molecular complexity index is 503. The van der Waals surface area contributed by atoms with Crippen molar-refractivity contribution in [1.82, 2.24) is 9.78 Å². The average molecular weight is 250 g/mol. The average Bonchev–Trinajstić information content (AvgIpc) is 2.97.